The van der Waals surface area contributed by atoms with Crippen LogP contribution in [-0.2, 0) is 27.7 Å². The van der Waals surface area contributed by atoms with Crippen molar-refractivity contribution in [3.8, 4) is 0 Å². The van der Waals surface area contributed by atoms with Gasteiger partial charge < -0.3 is 9.88 Å². The highest BCUT2D eigenvalue weighted by Gasteiger charge is 2.26. The van der Waals surface area contributed by atoms with Crippen molar-refractivity contribution in [2.45, 2.75) is 36.7 Å². The Kier molecular flexibility index (Phi) is 6.17. The maximum absolute atomic E-state index is 13.7. The number of hydrogen-bond donors (Lipinski definition) is 1. The lowest BCUT2D eigenvalue weighted by molar-refractivity contribution is -0.121. The molecule has 0 fully saturated rings. The minimum atomic E-state index is -4.05. The van der Waals surface area contributed by atoms with Crippen molar-refractivity contribution in [1.29, 1.82) is 0 Å². The van der Waals surface area contributed by atoms with Crippen LogP contribution in [0, 0.1) is 19.7 Å². The molecule has 0 atom stereocenters. The van der Waals surface area contributed by atoms with Crippen molar-refractivity contribution in [2.24, 2.45) is 0 Å². The van der Waals surface area contributed by atoms with E-state index in [4.69, 9.17) is 0 Å². The summed E-state index contributed by atoms with van der Waals surface area (Å²) < 4.78 is 40.9. The summed E-state index contributed by atoms with van der Waals surface area (Å²) in [6.07, 6.45) is 0. The normalized spacial score (nSPS) is 11.3. The third kappa shape index (κ3) is 4.33. The molecule has 1 heterocycles. The number of aryl methyl sites for hydroxylation is 2. The number of sulfone groups is 1. The fourth-order valence-electron chi connectivity index (χ4n) is 3.18. The predicted molar refractivity (Wildman–Crippen MR) is 110 cm³/mol. The van der Waals surface area contributed by atoms with Gasteiger partial charge in [0.15, 0.2) is 0 Å². The molecule has 0 spiro atoms. The van der Waals surface area contributed by atoms with Gasteiger partial charge in [0.25, 0.3) is 5.56 Å². The van der Waals surface area contributed by atoms with Crippen molar-refractivity contribution < 1.29 is 17.6 Å². The molecule has 0 unspecified atom stereocenters. The third-order valence-electron chi connectivity index (χ3n) is 4.71. The van der Waals surface area contributed by atoms with Crippen LogP contribution in [0.1, 0.15) is 16.8 Å². The Balaban J connectivity index is 1.91. The summed E-state index contributed by atoms with van der Waals surface area (Å²) in [4.78, 5) is 25.1. The van der Waals surface area contributed by atoms with Crippen molar-refractivity contribution in [3.05, 3.63) is 93.7 Å². The molecule has 1 N–H and O–H groups in total. The highest BCUT2D eigenvalue weighted by molar-refractivity contribution is 7.91. The van der Waals surface area contributed by atoms with Gasteiger partial charge >= 0.3 is 0 Å². The van der Waals surface area contributed by atoms with E-state index >= 15 is 0 Å². The quantitative estimate of drug-likeness (QED) is 0.654. The van der Waals surface area contributed by atoms with Crippen LogP contribution in [0.3, 0.4) is 0 Å². The third-order valence-corrected chi connectivity index (χ3v) is 6.63. The summed E-state index contributed by atoms with van der Waals surface area (Å²) in [5, 5.41) is 2.56. The zero-order valence-corrected chi connectivity index (χ0v) is 17.4. The van der Waals surface area contributed by atoms with E-state index in [1.165, 1.54) is 18.2 Å². The zero-order valence-electron chi connectivity index (χ0n) is 16.6. The lowest BCUT2D eigenvalue weighted by atomic mass is 10.2. The second-order valence-electron chi connectivity index (χ2n) is 6.87. The van der Waals surface area contributed by atoms with Crippen LogP contribution < -0.4 is 10.9 Å². The molecule has 1 amide bonds. The summed E-state index contributed by atoms with van der Waals surface area (Å²) in [5.41, 5.74) is 0.304. The van der Waals surface area contributed by atoms with Crippen molar-refractivity contribution in [1.82, 2.24) is 9.88 Å². The molecule has 156 valence electrons. The molecule has 0 aliphatic carbocycles. The molecular weight excluding hydrogens is 407 g/mol. The van der Waals surface area contributed by atoms with Gasteiger partial charge in [-0.25, -0.2) is 12.8 Å². The average molecular weight is 428 g/mol. The number of nitrogens with zero attached hydrogens (tertiary/aromatic N) is 1. The minimum Gasteiger partial charge on any atom is -0.350 e. The first-order valence-corrected chi connectivity index (χ1v) is 10.7. The summed E-state index contributed by atoms with van der Waals surface area (Å²) in [5.74, 6) is -0.979. The Bertz CT molecular complexity index is 1250. The number of amides is 1. The molecule has 0 radical (unpaired) electrons. The lowest BCUT2D eigenvalue weighted by Crippen LogP contribution is -2.35. The van der Waals surface area contributed by atoms with Crippen LogP contribution in [0.25, 0.3) is 0 Å². The summed E-state index contributed by atoms with van der Waals surface area (Å²) in [6.45, 7) is 2.75. The SMILES string of the molecule is Cc1cc(C)n(CC(=O)NCc2ccccc2F)c(=O)c1S(=O)(=O)c1ccccc1. The van der Waals surface area contributed by atoms with Crippen LogP contribution in [0.2, 0.25) is 0 Å². The first-order valence-electron chi connectivity index (χ1n) is 9.23. The average Bonchev–Trinajstić information content (AvgIpc) is 2.71. The van der Waals surface area contributed by atoms with Gasteiger partial charge in [-0.3, -0.25) is 9.59 Å². The first kappa shape index (κ1) is 21.4. The Hall–Kier alpha value is -3.26. The fourth-order valence-corrected chi connectivity index (χ4v) is 4.76. The molecule has 2 aromatic carbocycles. The molecule has 0 aliphatic rings. The van der Waals surface area contributed by atoms with Crippen molar-refractivity contribution in [3.63, 3.8) is 0 Å². The van der Waals surface area contributed by atoms with Crippen molar-refractivity contribution in [2.75, 3.05) is 0 Å². The van der Waals surface area contributed by atoms with Gasteiger partial charge in [0, 0.05) is 17.8 Å². The van der Waals surface area contributed by atoms with E-state index in [9.17, 15) is 22.4 Å². The van der Waals surface area contributed by atoms with E-state index in [0.29, 0.717) is 16.8 Å². The minimum absolute atomic E-state index is 0.00427. The Morgan fingerprint density at radius 2 is 1.67 bits per heavy atom. The molecule has 6 nitrogen and oxygen atoms in total. The second kappa shape index (κ2) is 8.62. The molecule has 8 heteroatoms. The number of aromatic nitrogens is 1. The van der Waals surface area contributed by atoms with Gasteiger partial charge in [-0.2, -0.15) is 0 Å². The van der Waals surface area contributed by atoms with Crippen LogP contribution in [0.5, 0.6) is 0 Å². The van der Waals surface area contributed by atoms with E-state index in [0.717, 1.165) is 4.57 Å². The zero-order chi connectivity index (χ0) is 21.9. The smallest absolute Gasteiger partial charge is 0.270 e. The number of carbonyl (C=O) groups excluding carboxylic acids is 1. The Labute approximate surface area is 173 Å². The fraction of sp³-hybridized carbons (Fsp3) is 0.182. The highest BCUT2D eigenvalue weighted by Crippen LogP contribution is 2.21. The van der Waals surface area contributed by atoms with Gasteiger partial charge in [0.1, 0.15) is 17.3 Å². The number of carbonyl (C=O) groups is 1. The van der Waals surface area contributed by atoms with E-state index in [1.807, 2.05) is 0 Å². The number of halogens is 1. The van der Waals surface area contributed by atoms with Crippen molar-refractivity contribution >= 4 is 15.7 Å². The van der Waals surface area contributed by atoms with Gasteiger partial charge in [0.05, 0.1) is 4.90 Å². The summed E-state index contributed by atoms with van der Waals surface area (Å²) in [7, 11) is -4.05. The van der Waals surface area contributed by atoms with Crippen LogP contribution in [0.15, 0.2) is 75.2 Å². The van der Waals surface area contributed by atoms with E-state index in [1.54, 1.807) is 56.3 Å². The van der Waals surface area contributed by atoms with Gasteiger partial charge in [0.2, 0.25) is 15.7 Å². The van der Waals surface area contributed by atoms with E-state index < -0.39 is 27.1 Å². The standard InChI is InChI=1S/C22H21FN2O4S/c1-15-12-16(2)25(14-20(26)24-13-17-8-6-7-11-19(17)23)22(27)21(15)30(28,29)18-9-4-3-5-10-18/h3-12H,13-14H2,1-2H3,(H,24,26). The number of benzene rings is 2. The van der Waals surface area contributed by atoms with Gasteiger partial charge in [-0.15, -0.1) is 0 Å². The first-order chi connectivity index (χ1) is 14.2. The van der Waals surface area contributed by atoms with Crippen LogP contribution >= 0.6 is 0 Å². The lowest BCUT2D eigenvalue weighted by Gasteiger charge is -2.15. The molecule has 3 aromatic rings. The number of nitrogens with one attached hydrogen (secondary N) is 1. The van der Waals surface area contributed by atoms with E-state index in [2.05, 4.69) is 5.32 Å². The molecule has 3 rings (SSSR count). The molecule has 1 aromatic heterocycles. The Morgan fingerprint density at radius 3 is 2.33 bits per heavy atom. The molecule has 0 aliphatic heterocycles. The number of hydrogen-bond acceptors (Lipinski definition) is 4. The number of rotatable bonds is 6. The topological polar surface area (TPSA) is 85.2 Å². The van der Waals surface area contributed by atoms with Gasteiger partial charge in [-0.05, 0) is 43.7 Å². The molecule has 30 heavy (non-hydrogen) atoms. The number of pyridine rings is 1. The Morgan fingerprint density at radius 1 is 1.03 bits per heavy atom. The monoisotopic (exact) mass is 428 g/mol. The summed E-state index contributed by atoms with van der Waals surface area (Å²) in [6, 6.07) is 15.3. The van der Waals surface area contributed by atoms with Crippen LogP contribution in [0.4, 0.5) is 4.39 Å². The van der Waals surface area contributed by atoms with E-state index in [-0.39, 0.29) is 22.9 Å². The largest absolute Gasteiger partial charge is 0.350 e. The predicted octanol–water partition coefficient (Wildman–Crippen LogP) is 2.75. The molecule has 0 saturated heterocycles. The highest BCUT2D eigenvalue weighted by atomic mass is 32.2. The molecule has 0 bridgehead atoms. The summed E-state index contributed by atoms with van der Waals surface area (Å²) >= 11 is 0. The molecule has 0 saturated carbocycles. The molecular formula is C22H21FN2O4S. The maximum atomic E-state index is 13.7. The van der Waals surface area contributed by atoms with Gasteiger partial charge in [-0.1, -0.05) is 36.4 Å². The second-order valence-corrected chi connectivity index (χ2v) is 8.76. The van der Waals surface area contributed by atoms with Crippen LogP contribution in [-0.4, -0.2) is 18.9 Å². The maximum Gasteiger partial charge on any atom is 0.270 e.